The highest BCUT2D eigenvalue weighted by Crippen LogP contribution is 2.18. The standard InChI is InChI=1S/C13H22N2/c1-10(2)15(4)11(3)13(14)12-8-6-5-7-9-12/h5-11,13H,14H2,1-4H3. The Bertz CT molecular complexity index is 282. The molecular weight excluding hydrogens is 184 g/mol. The van der Waals surface area contributed by atoms with Gasteiger partial charge < -0.3 is 5.73 Å². The smallest absolute Gasteiger partial charge is 0.0450 e. The number of hydrogen-bond acceptors (Lipinski definition) is 2. The van der Waals surface area contributed by atoms with Crippen molar-refractivity contribution in [1.29, 1.82) is 0 Å². The van der Waals surface area contributed by atoms with E-state index in [1.807, 2.05) is 18.2 Å². The van der Waals surface area contributed by atoms with E-state index in [0.717, 1.165) is 0 Å². The van der Waals surface area contributed by atoms with Crippen LogP contribution in [0, 0.1) is 0 Å². The van der Waals surface area contributed by atoms with Gasteiger partial charge in [0.25, 0.3) is 0 Å². The summed E-state index contributed by atoms with van der Waals surface area (Å²) < 4.78 is 0. The number of hydrogen-bond donors (Lipinski definition) is 1. The Hall–Kier alpha value is -0.860. The molecular formula is C13H22N2. The van der Waals surface area contributed by atoms with Crippen LogP contribution in [-0.2, 0) is 0 Å². The number of likely N-dealkylation sites (N-methyl/N-ethyl adjacent to an activating group) is 1. The average Bonchev–Trinajstić information content (AvgIpc) is 2.27. The first-order valence-electron chi connectivity index (χ1n) is 5.56. The van der Waals surface area contributed by atoms with Crippen LogP contribution in [0.5, 0.6) is 0 Å². The zero-order valence-corrected chi connectivity index (χ0v) is 10.1. The van der Waals surface area contributed by atoms with Crippen molar-refractivity contribution < 1.29 is 0 Å². The van der Waals surface area contributed by atoms with Gasteiger partial charge in [-0.2, -0.15) is 0 Å². The SMILES string of the molecule is CC(C)N(C)C(C)C(N)c1ccccc1. The number of rotatable bonds is 4. The van der Waals surface area contributed by atoms with E-state index in [2.05, 4.69) is 44.9 Å². The third-order valence-electron chi connectivity index (χ3n) is 3.16. The van der Waals surface area contributed by atoms with E-state index in [1.165, 1.54) is 5.56 Å². The molecule has 1 aromatic carbocycles. The van der Waals surface area contributed by atoms with E-state index >= 15 is 0 Å². The van der Waals surface area contributed by atoms with Crippen LogP contribution in [-0.4, -0.2) is 24.0 Å². The topological polar surface area (TPSA) is 29.3 Å². The Morgan fingerprint density at radius 1 is 1.07 bits per heavy atom. The highest BCUT2D eigenvalue weighted by atomic mass is 15.2. The van der Waals surface area contributed by atoms with Crippen molar-refractivity contribution in [2.24, 2.45) is 5.73 Å². The van der Waals surface area contributed by atoms with Crippen LogP contribution in [0.3, 0.4) is 0 Å². The van der Waals surface area contributed by atoms with Gasteiger partial charge in [-0.1, -0.05) is 30.3 Å². The molecule has 1 rings (SSSR count). The van der Waals surface area contributed by atoms with Gasteiger partial charge in [0, 0.05) is 18.1 Å². The van der Waals surface area contributed by atoms with Gasteiger partial charge >= 0.3 is 0 Å². The first-order valence-corrected chi connectivity index (χ1v) is 5.56. The molecule has 0 fully saturated rings. The summed E-state index contributed by atoms with van der Waals surface area (Å²) in [5.41, 5.74) is 7.44. The van der Waals surface area contributed by atoms with Gasteiger partial charge in [0.1, 0.15) is 0 Å². The third kappa shape index (κ3) is 3.05. The summed E-state index contributed by atoms with van der Waals surface area (Å²) in [7, 11) is 2.12. The molecule has 0 heterocycles. The molecule has 0 aliphatic rings. The predicted molar refractivity (Wildman–Crippen MR) is 65.7 cm³/mol. The molecule has 84 valence electrons. The maximum atomic E-state index is 6.24. The number of benzene rings is 1. The van der Waals surface area contributed by atoms with Gasteiger partial charge in [0.05, 0.1) is 0 Å². The minimum absolute atomic E-state index is 0.0820. The second kappa shape index (κ2) is 5.29. The molecule has 0 saturated heterocycles. The molecule has 0 amide bonds. The molecule has 2 N–H and O–H groups in total. The Kier molecular flexibility index (Phi) is 4.30. The predicted octanol–water partition coefficient (Wildman–Crippen LogP) is 2.42. The Balaban J connectivity index is 2.73. The first kappa shape index (κ1) is 12.2. The first-order chi connectivity index (χ1) is 7.04. The summed E-state index contributed by atoms with van der Waals surface area (Å²) in [5, 5.41) is 0. The van der Waals surface area contributed by atoms with Crippen molar-refractivity contribution >= 4 is 0 Å². The molecule has 0 radical (unpaired) electrons. The van der Waals surface area contributed by atoms with Crippen molar-refractivity contribution in [3.05, 3.63) is 35.9 Å². The lowest BCUT2D eigenvalue weighted by Gasteiger charge is -2.32. The second-order valence-corrected chi connectivity index (χ2v) is 4.44. The fourth-order valence-corrected chi connectivity index (χ4v) is 1.68. The monoisotopic (exact) mass is 206 g/mol. The molecule has 0 spiro atoms. The van der Waals surface area contributed by atoms with Gasteiger partial charge in [-0.3, -0.25) is 4.90 Å². The van der Waals surface area contributed by atoms with Gasteiger partial charge in [-0.05, 0) is 33.4 Å². The highest BCUT2D eigenvalue weighted by molar-refractivity contribution is 5.19. The van der Waals surface area contributed by atoms with Gasteiger partial charge in [0.15, 0.2) is 0 Å². The average molecular weight is 206 g/mol. The van der Waals surface area contributed by atoms with Crippen LogP contribution in [0.15, 0.2) is 30.3 Å². The van der Waals surface area contributed by atoms with Crippen LogP contribution in [0.1, 0.15) is 32.4 Å². The largest absolute Gasteiger partial charge is 0.323 e. The molecule has 15 heavy (non-hydrogen) atoms. The second-order valence-electron chi connectivity index (χ2n) is 4.44. The maximum Gasteiger partial charge on any atom is 0.0450 e. The van der Waals surface area contributed by atoms with E-state index in [1.54, 1.807) is 0 Å². The van der Waals surface area contributed by atoms with E-state index in [-0.39, 0.29) is 6.04 Å². The van der Waals surface area contributed by atoms with Gasteiger partial charge in [-0.15, -0.1) is 0 Å². The van der Waals surface area contributed by atoms with Crippen LogP contribution < -0.4 is 5.73 Å². The quantitative estimate of drug-likeness (QED) is 0.819. The van der Waals surface area contributed by atoms with Crippen molar-refractivity contribution in [1.82, 2.24) is 4.90 Å². The minimum atomic E-state index is 0.0820. The highest BCUT2D eigenvalue weighted by Gasteiger charge is 2.20. The lowest BCUT2D eigenvalue weighted by Crippen LogP contribution is -2.41. The molecule has 2 heteroatoms. The van der Waals surface area contributed by atoms with Crippen LogP contribution >= 0.6 is 0 Å². The molecule has 2 atom stereocenters. The molecule has 0 aliphatic heterocycles. The van der Waals surface area contributed by atoms with E-state index in [9.17, 15) is 0 Å². The Labute approximate surface area is 93.1 Å². The zero-order chi connectivity index (χ0) is 11.4. The van der Waals surface area contributed by atoms with E-state index < -0.39 is 0 Å². The van der Waals surface area contributed by atoms with Gasteiger partial charge in [0.2, 0.25) is 0 Å². The summed E-state index contributed by atoms with van der Waals surface area (Å²) in [4.78, 5) is 2.30. The van der Waals surface area contributed by atoms with Crippen molar-refractivity contribution in [3.8, 4) is 0 Å². The number of nitrogens with zero attached hydrogens (tertiary/aromatic N) is 1. The molecule has 0 aromatic heterocycles. The van der Waals surface area contributed by atoms with E-state index in [0.29, 0.717) is 12.1 Å². The van der Waals surface area contributed by atoms with Crippen LogP contribution in [0.2, 0.25) is 0 Å². The Morgan fingerprint density at radius 2 is 1.60 bits per heavy atom. The summed E-state index contributed by atoms with van der Waals surface area (Å²) in [6, 6.07) is 11.2. The van der Waals surface area contributed by atoms with E-state index in [4.69, 9.17) is 5.73 Å². The van der Waals surface area contributed by atoms with Crippen LogP contribution in [0.25, 0.3) is 0 Å². The fourth-order valence-electron chi connectivity index (χ4n) is 1.68. The lowest BCUT2D eigenvalue weighted by atomic mass is 10.00. The Morgan fingerprint density at radius 3 is 2.07 bits per heavy atom. The molecule has 2 unspecified atom stereocenters. The number of nitrogens with two attached hydrogens (primary N) is 1. The molecule has 0 aliphatic carbocycles. The van der Waals surface area contributed by atoms with Crippen molar-refractivity contribution in [3.63, 3.8) is 0 Å². The third-order valence-corrected chi connectivity index (χ3v) is 3.16. The molecule has 0 bridgehead atoms. The molecule has 1 aromatic rings. The normalized spacial score (nSPS) is 15.7. The molecule has 0 saturated carbocycles. The summed E-state index contributed by atoms with van der Waals surface area (Å²) in [5.74, 6) is 0. The zero-order valence-electron chi connectivity index (χ0n) is 10.1. The lowest BCUT2D eigenvalue weighted by molar-refractivity contribution is 0.183. The molecule has 2 nitrogen and oxygen atoms in total. The van der Waals surface area contributed by atoms with Crippen LogP contribution in [0.4, 0.5) is 0 Å². The fraction of sp³-hybridized carbons (Fsp3) is 0.538. The maximum absolute atomic E-state index is 6.24. The van der Waals surface area contributed by atoms with Gasteiger partial charge in [-0.25, -0.2) is 0 Å². The minimum Gasteiger partial charge on any atom is -0.323 e. The van der Waals surface area contributed by atoms with Crippen molar-refractivity contribution in [2.45, 2.75) is 38.9 Å². The summed E-state index contributed by atoms with van der Waals surface area (Å²) in [6.07, 6.45) is 0. The summed E-state index contributed by atoms with van der Waals surface area (Å²) in [6.45, 7) is 6.56. The van der Waals surface area contributed by atoms with Crippen molar-refractivity contribution in [2.75, 3.05) is 7.05 Å². The summed E-state index contributed by atoms with van der Waals surface area (Å²) >= 11 is 0.